The molecule has 2 amide bonds. The molecule has 0 aliphatic carbocycles. The summed E-state index contributed by atoms with van der Waals surface area (Å²) in [4.78, 5) is 11.9. The van der Waals surface area contributed by atoms with Gasteiger partial charge < -0.3 is 19.9 Å². The fourth-order valence-electron chi connectivity index (χ4n) is 2.41. The minimum absolute atomic E-state index is 0.146. The Hall–Kier alpha value is -1.66. The molecule has 6 heteroatoms. The van der Waals surface area contributed by atoms with Crippen LogP contribution in [-0.4, -0.2) is 42.9 Å². The highest BCUT2D eigenvalue weighted by Crippen LogP contribution is 2.20. The van der Waals surface area contributed by atoms with Crippen molar-refractivity contribution < 1.29 is 9.53 Å². The number of hydrogen-bond donors (Lipinski definition) is 2. The van der Waals surface area contributed by atoms with Gasteiger partial charge in [0.15, 0.2) is 0 Å². The van der Waals surface area contributed by atoms with Gasteiger partial charge in [0.25, 0.3) is 0 Å². The van der Waals surface area contributed by atoms with Crippen LogP contribution in [0.25, 0.3) is 10.9 Å². The Bertz CT molecular complexity index is 627. The molecule has 0 radical (unpaired) electrons. The van der Waals surface area contributed by atoms with E-state index in [-0.39, 0.29) is 6.03 Å². The molecule has 23 heavy (non-hydrogen) atoms. The first-order valence-corrected chi connectivity index (χ1v) is 9.25. The lowest BCUT2D eigenvalue weighted by atomic mass is 10.2. The number of fused-ring (bicyclic) bond motifs is 1. The number of rotatable bonds is 9. The number of hydrogen-bond acceptors (Lipinski definition) is 3. The predicted molar refractivity (Wildman–Crippen MR) is 98.5 cm³/mol. The summed E-state index contributed by atoms with van der Waals surface area (Å²) in [6, 6.07) is 7.85. The van der Waals surface area contributed by atoms with E-state index in [4.69, 9.17) is 4.74 Å². The summed E-state index contributed by atoms with van der Waals surface area (Å²) in [7, 11) is 1.70. The van der Waals surface area contributed by atoms with Gasteiger partial charge in [-0.3, -0.25) is 0 Å². The van der Waals surface area contributed by atoms with E-state index >= 15 is 0 Å². The number of benzene rings is 1. The molecule has 1 aromatic carbocycles. The molecule has 0 bridgehead atoms. The maximum atomic E-state index is 11.9. The highest BCUT2D eigenvalue weighted by molar-refractivity contribution is 7.98. The lowest BCUT2D eigenvalue weighted by molar-refractivity contribution is 0.188. The number of unbranched alkanes of at least 4 members (excludes halogenated alkanes) is 1. The third-order valence-corrected chi connectivity index (χ3v) is 4.32. The minimum atomic E-state index is -0.146. The van der Waals surface area contributed by atoms with Crippen molar-refractivity contribution in [1.82, 2.24) is 9.88 Å². The van der Waals surface area contributed by atoms with Gasteiger partial charge in [-0.05, 0) is 49.1 Å². The Labute approximate surface area is 141 Å². The number of thioether (sulfide) groups is 1. The van der Waals surface area contributed by atoms with Gasteiger partial charge in [-0.2, -0.15) is 11.8 Å². The van der Waals surface area contributed by atoms with Gasteiger partial charge in [0, 0.05) is 43.0 Å². The minimum Gasteiger partial charge on any atom is -0.383 e. The van der Waals surface area contributed by atoms with Crippen LogP contribution < -0.4 is 10.6 Å². The normalized spacial score (nSPS) is 10.9. The smallest absolute Gasteiger partial charge is 0.319 e. The maximum absolute atomic E-state index is 11.9. The number of aromatic nitrogens is 1. The van der Waals surface area contributed by atoms with Crippen molar-refractivity contribution >= 4 is 34.4 Å². The van der Waals surface area contributed by atoms with Gasteiger partial charge in [0.1, 0.15) is 0 Å². The van der Waals surface area contributed by atoms with Crippen LogP contribution >= 0.6 is 11.8 Å². The zero-order chi connectivity index (χ0) is 16.5. The zero-order valence-electron chi connectivity index (χ0n) is 13.8. The van der Waals surface area contributed by atoms with Crippen LogP contribution in [0.3, 0.4) is 0 Å². The number of amides is 2. The van der Waals surface area contributed by atoms with E-state index in [2.05, 4.69) is 27.5 Å². The fourth-order valence-corrected chi connectivity index (χ4v) is 2.90. The molecular formula is C17H25N3O2S. The van der Waals surface area contributed by atoms with Gasteiger partial charge >= 0.3 is 6.03 Å². The summed E-state index contributed by atoms with van der Waals surface area (Å²) in [5.74, 6) is 1.14. The molecule has 126 valence electrons. The molecule has 0 spiro atoms. The second-order valence-electron chi connectivity index (χ2n) is 5.36. The van der Waals surface area contributed by atoms with Crippen molar-refractivity contribution in [3.8, 4) is 0 Å². The van der Waals surface area contributed by atoms with Crippen molar-refractivity contribution in [1.29, 1.82) is 0 Å². The van der Waals surface area contributed by atoms with Crippen LogP contribution in [0.15, 0.2) is 30.5 Å². The van der Waals surface area contributed by atoms with Crippen molar-refractivity contribution in [2.24, 2.45) is 0 Å². The van der Waals surface area contributed by atoms with E-state index in [0.29, 0.717) is 13.2 Å². The average Bonchev–Trinajstić information content (AvgIpc) is 2.95. The number of ether oxygens (including phenoxy) is 1. The van der Waals surface area contributed by atoms with Crippen molar-refractivity contribution in [2.45, 2.75) is 19.4 Å². The molecule has 2 aromatic rings. The first kappa shape index (κ1) is 17.7. The van der Waals surface area contributed by atoms with Crippen LogP contribution in [0.1, 0.15) is 12.8 Å². The maximum Gasteiger partial charge on any atom is 0.319 e. The molecule has 2 N–H and O–H groups in total. The molecule has 5 nitrogen and oxygen atoms in total. The lowest BCUT2D eigenvalue weighted by Crippen LogP contribution is -2.29. The Morgan fingerprint density at radius 1 is 1.30 bits per heavy atom. The van der Waals surface area contributed by atoms with E-state index in [9.17, 15) is 4.79 Å². The number of carbonyl (C=O) groups excluding carboxylic acids is 1. The highest BCUT2D eigenvalue weighted by Gasteiger charge is 2.05. The predicted octanol–water partition coefficient (Wildman–Crippen LogP) is 3.55. The molecule has 1 aromatic heterocycles. The molecule has 0 saturated heterocycles. The Balaban J connectivity index is 1.87. The molecule has 0 fully saturated rings. The first-order valence-electron chi connectivity index (χ1n) is 7.86. The number of anilines is 1. The van der Waals surface area contributed by atoms with E-state index in [1.807, 2.05) is 36.2 Å². The van der Waals surface area contributed by atoms with Crippen molar-refractivity contribution in [3.05, 3.63) is 30.5 Å². The van der Waals surface area contributed by atoms with Crippen molar-refractivity contribution in [2.75, 3.05) is 37.6 Å². The number of carbonyl (C=O) groups is 1. The summed E-state index contributed by atoms with van der Waals surface area (Å²) in [5.41, 5.74) is 1.95. The average molecular weight is 335 g/mol. The molecular weight excluding hydrogens is 310 g/mol. The number of urea groups is 1. The monoisotopic (exact) mass is 335 g/mol. The van der Waals surface area contributed by atoms with Gasteiger partial charge in [0.2, 0.25) is 0 Å². The van der Waals surface area contributed by atoms with E-state index in [0.717, 1.165) is 41.7 Å². The lowest BCUT2D eigenvalue weighted by Gasteiger charge is -2.08. The van der Waals surface area contributed by atoms with Gasteiger partial charge in [-0.15, -0.1) is 0 Å². The molecule has 0 atom stereocenters. The summed E-state index contributed by atoms with van der Waals surface area (Å²) in [5, 5.41) is 6.89. The Morgan fingerprint density at radius 2 is 2.17 bits per heavy atom. The molecule has 0 unspecified atom stereocenters. The number of nitrogens with zero attached hydrogens (tertiary/aromatic N) is 1. The van der Waals surface area contributed by atoms with E-state index in [1.54, 1.807) is 7.11 Å². The Morgan fingerprint density at radius 3 is 2.96 bits per heavy atom. The fraction of sp³-hybridized carbons (Fsp3) is 0.471. The van der Waals surface area contributed by atoms with Crippen LogP contribution in [-0.2, 0) is 11.3 Å². The van der Waals surface area contributed by atoms with E-state index in [1.165, 1.54) is 0 Å². The van der Waals surface area contributed by atoms with E-state index < -0.39 is 0 Å². The van der Waals surface area contributed by atoms with Crippen LogP contribution in [0, 0.1) is 0 Å². The number of nitrogens with one attached hydrogen (secondary N) is 2. The van der Waals surface area contributed by atoms with Crippen LogP contribution in [0.4, 0.5) is 10.5 Å². The summed E-state index contributed by atoms with van der Waals surface area (Å²) < 4.78 is 7.26. The third-order valence-electron chi connectivity index (χ3n) is 3.63. The van der Waals surface area contributed by atoms with Crippen LogP contribution in [0.2, 0.25) is 0 Å². The highest BCUT2D eigenvalue weighted by atomic mass is 32.2. The third kappa shape index (κ3) is 5.48. The molecule has 2 rings (SSSR count). The van der Waals surface area contributed by atoms with Crippen molar-refractivity contribution in [3.63, 3.8) is 0 Å². The standard InChI is InChI=1S/C17H25N3O2S/c1-22-11-10-20-9-7-14-13-15(5-6-16(14)20)19-17(21)18-8-3-4-12-23-2/h5-7,9,13H,3-4,8,10-12H2,1-2H3,(H2,18,19,21). The number of methoxy groups -OCH3 is 1. The SMILES string of the molecule is COCCn1ccc2cc(NC(=O)NCCCCSC)ccc21. The van der Waals surface area contributed by atoms with Gasteiger partial charge in [-0.1, -0.05) is 0 Å². The second-order valence-corrected chi connectivity index (χ2v) is 6.34. The molecule has 0 aliphatic rings. The largest absolute Gasteiger partial charge is 0.383 e. The molecule has 1 heterocycles. The summed E-state index contributed by atoms with van der Waals surface area (Å²) in [6.45, 7) is 2.22. The molecule has 0 aliphatic heterocycles. The topological polar surface area (TPSA) is 55.3 Å². The first-order chi connectivity index (χ1) is 11.2. The molecule has 0 saturated carbocycles. The zero-order valence-corrected chi connectivity index (χ0v) is 14.6. The summed E-state index contributed by atoms with van der Waals surface area (Å²) >= 11 is 1.83. The van der Waals surface area contributed by atoms with Gasteiger partial charge in [0.05, 0.1) is 6.61 Å². The quantitative estimate of drug-likeness (QED) is 0.689. The Kier molecular flexibility index (Phi) is 7.29. The van der Waals surface area contributed by atoms with Gasteiger partial charge in [-0.25, -0.2) is 4.79 Å². The van der Waals surface area contributed by atoms with Crippen LogP contribution in [0.5, 0.6) is 0 Å². The summed E-state index contributed by atoms with van der Waals surface area (Å²) in [6.07, 6.45) is 6.27. The second kappa shape index (κ2) is 9.47.